The number of nitrogens with two attached hydrogens (primary N) is 1. The van der Waals surface area contributed by atoms with Crippen molar-refractivity contribution in [2.75, 3.05) is 0 Å². The van der Waals surface area contributed by atoms with E-state index in [1.54, 1.807) is 0 Å². The van der Waals surface area contributed by atoms with Gasteiger partial charge in [0.25, 0.3) is 0 Å². The molecule has 18 heavy (non-hydrogen) atoms. The molecule has 0 saturated heterocycles. The summed E-state index contributed by atoms with van der Waals surface area (Å²) in [6.07, 6.45) is 10.9. The van der Waals surface area contributed by atoms with Crippen LogP contribution in [0.1, 0.15) is 84.5 Å². The van der Waals surface area contributed by atoms with Gasteiger partial charge in [-0.25, -0.2) is 0 Å². The van der Waals surface area contributed by atoms with E-state index < -0.39 is 11.5 Å². The maximum absolute atomic E-state index is 11.4. The number of unbranched alkanes of at least 4 members (excludes halogenated alkanes) is 7. The molecule has 1 amide bonds. The molecule has 0 aromatic rings. The molecular weight excluding hydrogens is 226 g/mol. The quantitative estimate of drug-likeness (QED) is 0.525. The summed E-state index contributed by atoms with van der Waals surface area (Å²) in [4.78, 5) is 11.4. The molecule has 3 nitrogen and oxygen atoms in total. The number of primary amides is 1. The lowest BCUT2D eigenvalue weighted by molar-refractivity contribution is -0.138. The summed E-state index contributed by atoms with van der Waals surface area (Å²) in [5, 5.41) is 10.3. The Labute approximate surface area is 112 Å². The molecule has 0 fully saturated rings. The van der Waals surface area contributed by atoms with E-state index in [0.717, 1.165) is 38.5 Å². The molecule has 3 N–H and O–H groups in total. The summed E-state index contributed by atoms with van der Waals surface area (Å²) in [5.41, 5.74) is 4.07. The van der Waals surface area contributed by atoms with Crippen LogP contribution in [0.15, 0.2) is 0 Å². The SMILES string of the molecule is CCCCCCCC(O)(CCCCCC)C(N)=O. The maximum Gasteiger partial charge on any atom is 0.249 e. The lowest BCUT2D eigenvalue weighted by Gasteiger charge is -2.24. The third-order valence-corrected chi connectivity index (χ3v) is 3.60. The summed E-state index contributed by atoms with van der Waals surface area (Å²) >= 11 is 0. The van der Waals surface area contributed by atoms with Gasteiger partial charge in [0.2, 0.25) is 5.91 Å². The molecule has 1 atom stereocenters. The van der Waals surface area contributed by atoms with Crippen molar-refractivity contribution in [3.63, 3.8) is 0 Å². The molecule has 108 valence electrons. The highest BCUT2D eigenvalue weighted by atomic mass is 16.3. The molecule has 1 unspecified atom stereocenters. The number of carbonyl (C=O) groups is 1. The number of hydrogen-bond donors (Lipinski definition) is 2. The van der Waals surface area contributed by atoms with Crippen LogP contribution in [0, 0.1) is 0 Å². The Balaban J connectivity index is 3.90. The largest absolute Gasteiger partial charge is 0.380 e. The number of aliphatic hydroxyl groups is 1. The molecule has 0 radical (unpaired) electrons. The third-order valence-electron chi connectivity index (χ3n) is 3.60. The van der Waals surface area contributed by atoms with Gasteiger partial charge in [-0.15, -0.1) is 0 Å². The fraction of sp³-hybridized carbons (Fsp3) is 0.933. The van der Waals surface area contributed by atoms with Crippen LogP contribution >= 0.6 is 0 Å². The Bertz CT molecular complexity index is 219. The lowest BCUT2D eigenvalue weighted by atomic mass is 9.89. The number of hydrogen-bond acceptors (Lipinski definition) is 2. The molecular formula is C15H31NO2. The van der Waals surface area contributed by atoms with E-state index in [-0.39, 0.29) is 0 Å². The Morgan fingerprint density at radius 2 is 1.28 bits per heavy atom. The van der Waals surface area contributed by atoms with Crippen molar-refractivity contribution in [1.82, 2.24) is 0 Å². The highest BCUT2D eigenvalue weighted by Gasteiger charge is 2.32. The second-order valence-corrected chi connectivity index (χ2v) is 5.37. The average Bonchev–Trinajstić information content (AvgIpc) is 2.34. The zero-order valence-electron chi connectivity index (χ0n) is 12.2. The number of rotatable bonds is 12. The Morgan fingerprint density at radius 3 is 1.67 bits per heavy atom. The van der Waals surface area contributed by atoms with Crippen molar-refractivity contribution in [3.8, 4) is 0 Å². The van der Waals surface area contributed by atoms with E-state index in [4.69, 9.17) is 5.73 Å². The molecule has 0 spiro atoms. The molecule has 0 heterocycles. The molecule has 0 aliphatic carbocycles. The van der Waals surface area contributed by atoms with E-state index >= 15 is 0 Å². The predicted molar refractivity (Wildman–Crippen MR) is 76.3 cm³/mol. The summed E-state index contributed by atoms with van der Waals surface area (Å²) in [6.45, 7) is 4.32. The standard InChI is InChI=1S/C15H31NO2/c1-3-5-7-9-11-13-15(18,14(16)17)12-10-8-6-4-2/h18H,3-13H2,1-2H3,(H2,16,17). The molecule has 0 aromatic heterocycles. The van der Waals surface area contributed by atoms with Gasteiger partial charge in [0.05, 0.1) is 0 Å². The van der Waals surface area contributed by atoms with Crippen LogP contribution in [0.2, 0.25) is 0 Å². The molecule has 0 rings (SSSR count). The molecule has 3 heteroatoms. The van der Waals surface area contributed by atoms with Crippen molar-refractivity contribution in [2.24, 2.45) is 5.73 Å². The van der Waals surface area contributed by atoms with Crippen molar-refractivity contribution < 1.29 is 9.90 Å². The van der Waals surface area contributed by atoms with Crippen LogP contribution in [-0.4, -0.2) is 16.6 Å². The van der Waals surface area contributed by atoms with E-state index in [1.165, 1.54) is 19.3 Å². The van der Waals surface area contributed by atoms with Crippen LogP contribution < -0.4 is 5.73 Å². The number of amides is 1. The predicted octanol–water partition coefficient (Wildman–Crippen LogP) is 3.53. The topological polar surface area (TPSA) is 63.3 Å². The van der Waals surface area contributed by atoms with E-state index in [2.05, 4.69) is 13.8 Å². The van der Waals surface area contributed by atoms with Crippen molar-refractivity contribution in [2.45, 2.75) is 90.1 Å². The van der Waals surface area contributed by atoms with Gasteiger partial charge in [0, 0.05) is 0 Å². The first-order chi connectivity index (χ1) is 8.56. The molecule has 0 bridgehead atoms. The van der Waals surface area contributed by atoms with Gasteiger partial charge >= 0.3 is 0 Å². The number of carbonyl (C=O) groups excluding carboxylic acids is 1. The molecule has 0 aromatic carbocycles. The minimum atomic E-state index is -1.26. The van der Waals surface area contributed by atoms with Crippen LogP contribution in [-0.2, 0) is 4.79 Å². The zero-order valence-corrected chi connectivity index (χ0v) is 12.2. The van der Waals surface area contributed by atoms with E-state index in [0.29, 0.717) is 12.8 Å². The van der Waals surface area contributed by atoms with E-state index in [1.807, 2.05) is 0 Å². The molecule has 0 aliphatic heterocycles. The van der Waals surface area contributed by atoms with Gasteiger partial charge in [-0.3, -0.25) is 4.79 Å². The van der Waals surface area contributed by atoms with Crippen molar-refractivity contribution in [1.29, 1.82) is 0 Å². The minimum absolute atomic E-state index is 0.524. The lowest BCUT2D eigenvalue weighted by Crippen LogP contribution is -2.43. The maximum atomic E-state index is 11.4. The highest BCUT2D eigenvalue weighted by molar-refractivity contribution is 5.83. The van der Waals surface area contributed by atoms with Crippen molar-refractivity contribution in [3.05, 3.63) is 0 Å². The molecule has 0 aliphatic rings. The highest BCUT2D eigenvalue weighted by Crippen LogP contribution is 2.22. The average molecular weight is 257 g/mol. The van der Waals surface area contributed by atoms with E-state index in [9.17, 15) is 9.90 Å². The Morgan fingerprint density at radius 1 is 0.889 bits per heavy atom. The first-order valence-corrected chi connectivity index (χ1v) is 7.59. The minimum Gasteiger partial charge on any atom is -0.380 e. The summed E-state index contributed by atoms with van der Waals surface area (Å²) in [7, 11) is 0. The fourth-order valence-electron chi connectivity index (χ4n) is 2.24. The first kappa shape index (κ1) is 17.4. The monoisotopic (exact) mass is 257 g/mol. The van der Waals surface area contributed by atoms with Gasteiger partial charge in [-0.1, -0.05) is 71.6 Å². The Hall–Kier alpha value is -0.570. The normalized spacial score (nSPS) is 14.4. The zero-order chi connectivity index (χ0) is 13.9. The summed E-state index contributed by atoms with van der Waals surface area (Å²) in [5.74, 6) is -0.547. The fourth-order valence-corrected chi connectivity index (χ4v) is 2.24. The van der Waals surface area contributed by atoms with Crippen LogP contribution in [0.3, 0.4) is 0 Å². The summed E-state index contributed by atoms with van der Waals surface area (Å²) < 4.78 is 0. The second-order valence-electron chi connectivity index (χ2n) is 5.37. The van der Waals surface area contributed by atoms with Gasteiger partial charge in [-0.2, -0.15) is 0 Å². The van der Waals surface area contributed by atoms with Crippen LogP contribution in [0.5, 0.6) is 0 Å². The van der Waals surface area contributed by atoms with Gasteiger partial charge in [0.1, 0.15) is 5.60 Å². The van der Waals surface area contributed by atoms with Gasteiger partial charge < -0.3 is 10.8 Å². The Kier molecular flexibility index (Phi) is 10.0. The van der Waals surface area contributed by atoms with Gasteiger partial charge in [0.15, 0.2) is 0 Å². The summed E-state index contributed by atoms with van der Waals surface area (Å²) in [6, 6.07) is 0. The van der Waals surface area contributed by atoms with Crippen LogP contribution in [0.25, 0.3) is 0 Å². The van der Waals surface area contributed by atoms with Crippen LogP contribution in [0.4, 0.5) is 0 Å². The molecule has 0 saturated carbocycles. The third kappa shape index (κ3) is 7.70. The van der Waals surface area contributed by atoms with Crippen molar-refractivity contribution >= 4 is 5.91 Å². The first-order valence-electron chi connectivity index (χ1n) is 7.59. The van der Waals surface area contributed by atoms with Gasteiger partial charge in [-0.05, 0) is 12.8 Å². The smallest absolute Gasteiger partial charge is 0.249 e. The second kappa shape index (κ2) is 10.4.